The number of benzene rings is 1. The van der Waals surface area contributed by atoms with Crippen LogP contribution < -0.4 is 10.5 Å². The minimum atomic E-state index is -0.571. The Labute approximate surface area is 119 Å². The third-order valence-electron chi connectivity index (χ3n) is 3.04. The number of nitro groups is 1. The molecule has 0 spiro atoms. The summed E-state index contributed by atoms with van der Waals surface area (Å²) in [6.07, 6.45) is -0.0411. The first-order chi connectivity index (χ1) is 8.93. The van der Waals surface area contributed by atoms with Crippen molar-refractivity contribution in [3.63, 3.8) is 0 Å². The number of hydrogen-bond donors (Lipinski definition) is 1. The van der Waals surface area contributed by atoms with Gasteiger partial charge in [-0.25, -0.2) is 0 Å². The fourth-order valence-electron chi connectivity index (χ4n) is 1.98. The van der Waals surface area contributed by atoms with Crippen LogP contribution in [0.1, 0.15) is 6.42 Å². The van der Waals surface area contributed by atoms with E-state index >= 15 is 0 Å². The van der Waals surface area contributed by atoms with Crippen LogP contribution in [-0.4, -0.2) is 30.3 Å². The molecule has 2 rings (SSSR count). The van der Waals surface area contributed by atoms with Crippen LogP contribution >= 0.6 is 23.2 Å². The average Bonchev–Trinajstić information content (AvgIpc) is 2.32. The van der Waals surface area contributed by atoms with Gasteiger partial charge in [0, 0.05) is 31.7 Å². The maximum Gasteiger partial charge on any atom is 0.312 e. The molecule has 1 aromatic carbocycles. The number of halogens is 2. The third-order valence-corrected chi connectivity index (χ3v) is 3.76. The van der Waals surface area contributed by atoms with Gasteiger partial charge in [-0.05, 0) is 0 Å². The highest BCUT2D eigenvalue weighted by molar-refractivity contribution is 6.42. The van der Waals surface area contributed by atoms with Crippen molar-refractivity contribution < 1.29 is 14.4 Å². The van der Waals surface area contributed by atoms with Crippen LogP contribution in [0.15, 0.2) is 12.1 Å². The monoisotopic (exact) mass is 306 g/mol. The highest BCUT2D eigenvalue weighted by atomic mass is 35.5. The van der Waals surface area contributed by atoms with Gasteiger partial charge in [-0.15, -0.1) is 0 Å². The minimum absolute atomic E-state index is 0.0679. The largest absolute Gasteiger partial charge is 0.481 e. The Morgan fingerprint density at radius 3 is 2.58 bits per heavy atom. The Kier molecular flexibility index (Phi) is 4.15. The van der Waals surface area contributed by atoms with Crippen LogP contribution in [0.5, 0.6) is 5.75 Å². The molecular formula is C11H12Cl2N2O4. The average molecular weight is 307 g/mol. The summed E-state index contributed by atoms with van der Waals surface area (Å²) in [6.45, 7) is 0. The van der Waals surface area contributed by atoms with Crippen molar-refractivity contribution in [3.8, 4) is 5.75 Å². The van der Waals surface area contributed by atoms with E-state index in [1.165, 1.54) is 19.2 Å². The van der Waals surface area contributed by atoms with Gasteiger partial charge >= 0.3 is 5.69 Å². The second-order valence-electron chi connectivity index (χ2n) is 4.25. The van der Waals surface area contributed by atoms with Gasteiger partial charge in [0.25, 0.3) is 0 Å². The highest BCUT2D eigenvalue weighted by Gasteiger charge is 2.41. The lowest BCUT2D eigenvalue weighted by Gasteiger charge is -2.40. The van der Waals surface area contributed by atoms with Gasteiger partial charge in [0.05, 0.1) is 15.0 Å². The molecule has 3 atom stereocenters. The molecule has 1 aromatic rings. The molecule has 104 valence electrons. The first kappa shape index (κ1) is 14.3. The third kappa shape index (κ3) is 2.76. The smallest absolute Gasteiger partial charge is 0.312 e. The summed E-state index contributed by atoms with van der Waals surface area (Å²) in [5.41, 5.74) is 5.51. The predicted molar refractivity (Wildman–Crippen MR) is 70.9 cm³/mol. The summed E-state index contributed by atoms with van der Waals surface area (Å²) in [5, 5.41) is 11.3. The number of nitrogens with two attached hydrogens (primary N) is 1. The van der Waals surface area contributed by atoms with Crippen molar-refractivity contribution in [1.82, 2.24) is 0 Å². The second-order valence-corrected chi connectivity index (χ2v) is 5.06. The Morgan fingerprint density at radius 1 is 1.42 bits per heavy atom. The van der Waals surface area contributed by atoms with Crippen molar-refractivity contribution in [3.05, 3.63) is 32.3 Å². The van der Waals surface area contributed by atoms with Crippen LogP contribution in [-0.2, 0) is 4.74 Å². The molecule has 1 fully saturated rings. The van der Waals surface area contributed by atoms with E-state index in [2.05, 4.69) is 0 Å². The number of rotatable bonds is 4. The Hall–Kier alpha value is -1.08. The van der Waals surface area contributed by atoms with Crippen molar-refractivity contribution in [2.45, 2.75) is 24.7 Å². The van der Waals surface area contributed by atoms with E-state index in [1.807, 2.05) is 0 Å². The molecule has 0 aliphatic heterocycles. The van der Waals surface area contributed by atoms with Crippen LogP contribution in [0.4, 0.5) is 5.69 Å². The summed E-state index contributed by atoms with van der Waals surface area (Å²) >= 11 is 11.6. The fourth-order valence-corrected chi connectivity index (χ4v) is 2.29. The number of ether oxygens (including phenoxy) is 2. The van der Waals surface area contributed by atoms with E-state index in [0.29, 0.717) is 6.42 Å². The predicted octanol–water partition coefficient (Wildman–Crippen LogP) is 2.39. The minimum Gasteiger partial charge on any atom is -0.481 e. The molecule has 0 heterocycles. The van der Waals surface area contributed by atoms with Gasteiger partial charge in [-0.2, -0.15) is 0 Å². The van der Waals surface area contributed by atoms with Gasteiger partial charge in [-0.3, -0.25) is 10.1 Å². The lowest BCUT2D eigenvalue weighted by Crippen LogP contribution is -2.59. The van der Waals surface area contributed by atoms with E-state index in [0.717, 1.165) is 0 Å². The summed E-state index contributed by atoms with van der Waals surface area (Å²) in [6, 6.07) is 2.37. The lowest BCUT2D eigenvalue weighted by molar-refractivity contribution is -0.386. The number of hydrogen-bond acceptors (Lipinski definition) is 5. The van der Waals surface area contributed by atoms with Gasteiger partial charge in [0.15, 0.2) is 5.75 Å². The molecule has 0 aromatic heterocycles. The maximum absolute atomic E-state index is 11.0. The molecule has 8 heteroatoms. The molecule has 6 nitrogen and oxygen atoms in total. The van der Waals surface area contributed by atoms with Crippen LogP contribution in [0.2, 0.25) is 10.0 Å². The quantitative estimate of drug-likeness (QED) is 0.681. The first-order valence-corrected chi connectivity index (χ1v) is 6.28. The first-order valence-electron chi connectivity index (χ1n) is 5.52. The van der Waals surface area contributed by atoms with Crippen molar-refractivity contribution in [2.24, 2.45) is 5.73 Å². The van der Waals surface area contributed by atoms with Crippen LogP contribution in [0.3, 0.4) is 0 Å². The molecule has 0 amide bonds. The molecule has 0 radical (unpaired) electrons. The maximum atomic E-state index is 11.0. The highest BCUT2D eigenvalue weighted by Crippen LogP contribution is 2.38. The molecule has 3 unspecified atom stereocenters. The Morgan fingerprint density at radius 2 is 2.05 bits per heavy atom. The standard InChI is InChI=1S/C11H12Cl2N2O4/c1-18-11-7(14)4-10(11)19-9-3-6(13)5(12)2-8(9)15(16)17/h2-3,7,10-11H,4,14H2,1H3. The van der Waals surface area contributed by atoms with E-state index in [4.69, 9.17) is 38.4 Å². The van der Waals surface area contributed by atoms with Crippen molar-refractivity contribution in [2.75, 3.05) is 7.11 Å². The summed E-state index contributed by atoms with van der Waals surface area (Å²) in [5.74, 6) is 0.0679. The zero-order valence-corrected chi connectivity index (χ0v) is 11.5. The zero-order chi connectivity index (χ0) is 14.2. The molecule has 1 aliphatic rings. The Bertz CT molecular complexity index is 512. The molecule has 0 bridgehead atoms. The topological polar surface area (TPSA) is 87.6 Å². The fraction of sp³-hybridized carbons (Fsp3) is 0.455. The molecular weight excluding hydrogens is 295 g/mol. The molecule has 2 N–H and O–H groups in total. The van der Waals surface area contributed by atoms with Gasteiger partial charge in [-0.1, -0.05) is 23.2 Å². The lowest BCUT2D eigenvalue weighted by atomic mass is 9.86. The molecule has 0 saturated heterocycles. The van der Waals surface area contributed by atoms with E-state index in [9.17, 15) is 10.1 Å². The van der Waals surface area contributed by atoms with Crippen LogP contribution in [0.25, 0.3) is 0 Å². The van der Waals surface area contributed by atoms with E-state index in [1.54, 1.807) is 0 Å². The van der Waals surface area contributed by atoms with Gasteiger partial charge in [0.1, 0.15) is 12.2 Å². The molecule has 1 aliphatic carbocycles. The SMILES string of the molecule is COC1C(N)CC1Oc1cc(Cl)c(Cl)cc1[N+](=O)[O-]. The summed E-state index contributed by atoms with van der Waals surface area (Å²) in [7, 11) is 1.52. The molecule has 1 saturated carbocycles. The van der Waals surface area contributed by atoms with Crippen LogP contribution in [0, 0.1) is 10.1 Å². The van der Waals surface area contributed by atoms with Crippen molar-refractivity contribution in [1.29, 1.82) is 0 Å². The summed E-state index contributed by atoms with van der Waals surface area (Å²) < 4.78 is 10.7. The second kappa shape index (κ2) is 5.50. The van der Waals surface area contributed by atoms with E-state index in [-0.39, 0.29) is 39.7 Å². The number of nitrogens with zero attached hydrogens (tertiary/aromatic N) is 1. The number of nitro benzene ring substituents is 1. The van der Waals surface area contributed by atoms with Gasteiger partial charge < -0.3 is 15.2 Å². The number of methoxy groups -OCH3 is 1. The summed E-state index contributed by atoms with van der Waals surface area (Å²) in [4.78, 5) is 10.4. The zero-order valence-electron chi connectivity index (χ0n) is 10.0. The normalized spacial score (nSPS) is 25.8. The Balaban J connectivity index is 2.25. The van der Waals surface area contributed by atoms with Crippen molar-refractivity contribution >= 4 is 28.9 Å². The molecule has 19 heavy (non-hydrogen) atoms. The van der Waals surface area contributed by atoms with E-state index < -0.39 is 4.92 Å². The van der Waals surface area contributed by atoms with Gasteiger partial charge in [0.2, 0.25) is 0 Å².